The van der Waals surface area contributed by atoms with Gasteiger partial charge in [-0.25, -0.2) is 4.98 Å². The van der Waals surface area contributed by atoms with Gasteiger partial charge >= 0.3 is 0 Å². The van der Waals surface area contributed by atoms with E-state index in [2.05, 4.69) is 10.4 Å². The highest BCUT2D eigenvalue weighted by Crippen LogP contribution is 2.26. The zero-order valence-electron chi connectivity index (χ0n) is 9.36. The average Bonchev–Trinajstić information content (AvgIpc) is 2.85. The van der Waals surface area contributed by atoms with Crippen molar-refractivity contribution in [3.63, 3.8) is 0 Å². The van der Waals surface area contributed by atoms with E-state index in [-0.39, 0.29) is 6.04 Å². The van der Waals surface area contributed by atoms with E-state index >= 15 is 0 Å². The van der Waals surface area contributed by atoms with Crippen LogP contribution in [0.25, 0.3) is 0 Å². The summed E-state index contributed by atoms with van der Waals surface area (Å²) >= 11 is 1.68. The zero-order valence-corrected chi connectivity index (χ0v) is 10.2. The maximum absolute atomic E-state index is 5.60. The molecular weight excluding hydrogens is 222 g/mol. The van der Waals surface area contributed by atoms with Crippen LogP contribution in [-0.2, 0) is 6.42 Å². The van der Waals surface area contributed by atoms with Crippen molar-refractivity contribution >= 4 is 11.3 Å². The minimum absolute atomic E-state index is 0.101. The van der Waals surface area contributed by atoms with Crippen molar-refractivity contribution in [2.24, 2.45) is 5.84 Å². The summed E-state index contributed by atoms with van der Waals surface area (Å²) in [7, 11) is 0. The SMILES string of the molecule is Cc1nc(C)c(C(Cc2ccoc2)NN)s1. The van der Waals surface area contributed by atoms with Gasteiger partial charge in [-0.05, 0) is 31.9 Å². The number of nitrogens with zero attached hydrogens (tertiary/aromatic N) is 1. The van der Waals surface area contributed by atoms with Crippen molar-refractivity contribution in [3.8, 4) is 0 Å². The fourth-order valence-corrected chi connectivity index (χ4v) is 2.73. The van der Waals surface area contributed by atoms with Crippen LogP contribution in [0.2, 0.25) is 0 Å². The van der Waals surface area contributed by atoms with Crippen LogP contribution in [0.1, 0.15) is 27.2 Å². The fraction of sp³-hybridized carbons (Fsp3) is 0.364. The molecule has 0 spiro atoms. The Morgan fingerprint density at radius 2 is 2.38 bits per heavy atom. The second-order valence-electron chi connectivity index (χ2n) is 3.74. The van der Waals surface area contributed by atoms with Crippen LogP contribution in [0.4, 0.5) is 0 Å². The number of nitrogens with two attached hydrogens (primary N) is 1. The number of nitrogens with one attached hydrogen (secondary N) is 1. The summed E-state index contributed by atoms with van der Waals surface area (Å²) in [6.07, 6.45) is 4.23. The van der Waals surface area contributed by atoms with Gasteiger partial charge in [-0.3, -0.25) is 11.3 Å². The number of thiazole rings is 1. The van der Waals surface area contributed by atoms with E-state index in [1.165, 1.54) is 4.88 Å². The molecule has 1 unspecified atom stereocenters. The lowest BCUT2D eigenvalue weighted by Gasteiger charge is -2.13. The third-order valence-electron chi connectivity index (χ3n) is 2.48. The Bertz CT molecular complexity index is 450. The van der Waals surface area contributed by atoms with Crippen LogP contribution in [0.5, 0.6) is 0 Å². The largest absolute Gasteiger partial charge is 0.472 e. The molecule has 0 aliphatic rings. The van der Waals surface area contributed by atoms with Crippen LogP contribution in [0, 0.1) is 13.8 Å². The number of hydrazine groups is 1. The summed E-state index contributed by atoms with van der Waals surface area (Å²) < 4.78 is 5.05. The summed E-state index contributed by atoms with van der Waals surface area (Å²) in [5.41, 5.74) is 5.02. The molecule has 0 aromatic carbocycles. The van der Waals surface area contributed by atoms with Crippen molar-refractivity contribution in [1.29, 1.82) is 0 Å². The molecule has 0 amide bonds. The van der Waals surface area contributed by atoms with Crippen molar-refractivity contribution in [1.82, 2.24) is 10.4 Å². The Labute approximate surface area is 98.5 Å². The summed E-state index contributed by atoms with van der Waals surface area (Å²) in [5.74, 6) is 5.60. The van der Waals surface area contributed by atoms with Crippen molar-refractivity contribution < 1.29 is 4.42 Å². The fourth-order valence-electron chi connectivity index (χ4n) is 1.74. The lowest BCUT2D eigenvalue weighted by molar-refractivity contribution is 0.539. The number of hydrogen-bond acceptors (Lipinski definition) is 5. The summed E-state index contributed by atoms with van der Waals surface area (Å²) in [6.45, 7) is 4.02. The Kier molecular flexibility index (Phi) is 3.38. The van der Waals surface area contributed by atoms with Gasteiger partial charge in [0.15, 0.2) is 0 Å². The molecule has 4 nitrogen and oxygen atoms in total. The molecule has 5 heteroatoms. The molecule has 86 valence electrons. The first-order valence-electron chi connectivity index (χ1n) is 5.12. The number of aryl methyl sites for hydroxylation is 2. The summed E-state index contributed by atoms with van der Waals surface area (Å²) in [6, 6.07) is 2.05. The molecule has 0 radical (unpaired) electrons. The van der Waals surface area contributed by atoms with Crippen molar-refractivity contribution in [3.05, 3.63) is 39.7 Å². The van der Waals surface area contributed by atoms with Crippen LogP contribution in [0.3, 0.4) is 0 Å². The van der Waals surface area contributed by atoms with Gasteiger partial charge in [0.2, 0.25) is 0 Å². The van der Waals surface area contributed by atoms with E-state index in [9.17, 15) is 0 Å². The van der Waals surface area contributed by atoms with Gasteiger partial charge in [0.05, 0.1) is 29.3 Å². The minimum Gasteiger partial charge on any atom is -0.472 e. The minimum atomic E-state index is 0.101. The van der Waals surface area contributed by atoms with Gasteiger partial charge < -0.3 is 4.42 Å². The molecule has 0 aliphatic heterocycles. The monoisotopic (exact) mass is 237 g/mol. The van der Waals surface area contributed by atoms with E-state index in [1.54, 1.807) is 23.9 Å². The Morgan fingerprint density at radius 1 is 1.56 bits per heavy atom. The average molecular weight is 237 g/mol. The van der Waals surface area contributed by atoms with Gasteiger partial charge in [0, 0.05) is 4.88 Å². The first-order valence-corrected chi connectivity index (χ1v) is 5.93. The third kappa shape index (κ3) is 2.32. The number of hydrogen-bond donors (Lipinski definition) is 2. The first-order chi connectivity index (χ1) is 7.70. The first kappa shape index (κ1) is 11.3. The van der Waals surface area contributed by atoms with Crippen LogP contribution < -0.4 is 11.3 Å². The summed E-state index contributed by atoms with van der Waals surface area (Å²) in [5, 5.41) is 1.07. The second-order valence-corrected chi connectivity index (χ2v) is 4.97. The number of furan rings is 1. The van der Waals surface area contributed by atoms with Gasteiger partial charge in [-0.1, -0.05) is 0 Å². The van der Waals surface area contributed by atoms with E-state index in [4.69, 9.17) is 10.3 Å². The second kappa shape index (κ2) is 4.78. The van der Waals surface area contributed by atoms with E-state index in [0.29, 0.717) is 0 Å². The molecule has 3 N–H and O–H groups in total. The predicted molar refractivity (Wildman–Crippen MR) is 64.1 cm³/mol. The van der Waals surface area contributed by atoms with Crippen LogP contribution >= 0.6 is 11.3 Å². The van der Waals surface area contributed by atoms with Gasteiger partial charge in [0.1, 0.15) is 0 Å². The molecule has 16 heavy (non-hydrogen) atoms. The lowest BCUT2D eigenvalue weighted by atomic mass is 10.1. The molecule has 2 rings (SSSR count). The third-order valence-corrected chi connectivity index (χ3v) is 3.66. The molecule has 2 aromatic rings. The summed E-state index contributed by atoms with van der Waals surface area (Å²) in [4.78, 5) is 5.60. The topological polar surface area (TPSA) is 64.1 Å². The standard InChI is InChI=1S/C11H15N3OS/c1-7-11(16-8(2)13-7)10(14-12)5-9-3-4-15-6-9/h3-4,6,10,14H,5,12H2,1-2H3. The normalized spacial score (nSPS) is 12.9. The maximum atomic E-state index is 5.60. The lowest BCUT2D eigenvalue weighted by Crippen LogP contribution is -2.29. The van der Waals surface area contributed by atoms with E-state index in [1.807, 2.05) is 19.9 Å². The maximum Gasteiger partial charge on any atom is 0.0935 e. The molecule has 0 saturated carbocycles. The van der Waals surface area contributed by atoms with Crippen LogP contribution in [0.15, 0.2) is 23.0 Å². The van der Waals surface area contributed by atoms with Gasteiger partial charge in [-0.2, -0.15) is 0 Å². The zero-order chi connectivity index (χ0) is 11.5. The van der Waals surface area contributed by atoms with Gasteiger partial charge in [0.25, 0.3) is 0 Å². The molecule has 0 saturated heterocycles. The number of aromatic nitrogens is 1. The molecule has 0 bridgehead atoms. The smallest absolute Gasteiger partial charge is 0.0935 e. The Balaban J connectivity index is 2.19. The molecule has 2 heterocycles. The molecule has 0 aliphatic carbocycles. The Morgan fingerprint density at radius 3 is 2.88 bits per heavy atom. The predicted octanol–water partition coefficient (Wildman–Crippen LogP) is 2.10. The van der Waals surface area contributed by atoms with Crippen molar-refractivity contribution in [2.75, 3.05) is 0 Å². The number of rotatable bonds is 4. The Hall–Kier alpha value is -1.17. The van der Waals surface area contributed by atoms with Gasteiger partial charge in [-0.15, -0.1) is 11.3 Å². The molecule has 0 fully saturated rings. The molecule has 1 atom stereocenters. The highest BCUT2D eigenvalue weighted by atomic mass is 32.1. The highest BCUT2D eigenvalue weighted by molar-refractivity contribution is 7.11. The van der Waals surface area contributed by atoms with E-state index in [0.717, 1.165) is 22.7 Å². The highest BCUT2D eigenvalue weighted by Gasteiger charge is 2.17. The molecular formula is C11H15N3OS. The molecule has 2 aromatic heterocycles. The quantitative estimate of drug-likeness (QED) is 0.631. The van der Waals surface area contributed by atoms with Crippen molar-refractivity contribution in [2.45, 2.75) is 26.3 Å². The van der Waals surface area contributed by atoms with Crippen LogP contribution in [-0.4, -0.2) is 4.98 Å². The van der Waals surface area contributed by atoms with E-state index < -0.39 is 0 Å².